The molecule has 0 aliphatic heterocycles. The summed E-state index contributed by atoms with van der Waals surface area (Å²) >= 11 is 39.2. The molecule has 0 bridgehead atoms. The fraction of sp³-hybridized carbons (Fsp3) is 0.125. The van der Waals surface area contributed by atoms with Gasteiger partial charge >= 0.3 is 0 Å². The maximum atomic E-state index is 10.9. The third-order valence-electron chi connectivity index (χ3n) is 1.25. The van der Waals surface area contributed by atoms with E-state index in [0.29, 0.717) is 0 Å². The van der Waals surface area contributed by atoms with Crippen LogP contribution in [0.2, 0.25) is 0 Å². The molecule has 0 spiro atoms. The van der Waals surface area contributed by atoms with Crippen LogP contribution in [0, 0.1) is 0 Å². The molecule has 0 aromatic rings. The molecule has 0 rings (SSSR count). The highest BCUT2D eigenvalue weighted by atomic mass is 35.5. The van der Waals surface area contributed by atoms with Gasteiger partial charge < -0.3 is 0 Å². The van der Waals surface area contributed by atoms with Gasteiger partial charge in [-0.05, 0) is 0 Å². The van der Waals surface area contributed by atoms with Crippen molar-refractivity contribution < 1.29 is 4.79 Å². The lowest BCUT2D eigenvalue weighted by Crippen LogP contribution is -1.93. The molecule has 0 N–H and O–H groups in total. The Morgan fingerprint density at radius 1 is 0.625 bits per heavy atom. The number of allylic oxidation sites excluding steroid dienone is 5. The summed E-state index contributed by atoms with van der Waals surface area (Å²) in [6, 6.07) is 0. The zero-order chi connectivity index (χ0) is 13.0. The second-order valence-electron chi connectivity index (χ2n) is 2.39. The summed E-state index contributed by atoms with van der Waals surface area (Å²) in [5.41, 5.74) is 0. The maximum Gasteiger partial charge on any atom is 0.172 e. The SMILES string of the molecule is CC(=O)/C(Cl)=C(Cl)/C(Cl)=C(\Cl)C(Cl)=C(Cl)Cl. The molecule has 0 unspecified atom stereocenters. The molecule has 0 saturated heterocycles. The molecule has 0 amide bonds. The summed E-state index contributed by atoms with van der Waals surface area (Å²) in [7, 11) is 0. The quantitative estimate of drug-likeness (QED) is 0.455. The van der Waals surface area contributed by atoms with Gasteiger partial charge in [-0.2, -0.15) is 0 Å². The van der Waals surface area contributed by atoms with Gasteiger partial charge in [0.25, 0.3) is 0 Å². The molecule has 0 aliphatic carbocycles. The third kappa shape index (κ3) is 4.66. The first kappa shape index (κ1) is 16.9. The number of hydrogen-bond donors (Lipinski definition) is 0. The third-order valence-corrected chi connectivity index (χ3v) is 4.17. The fourth-order valence-corrected chi connectivity index (χ4v) is 1.75. The highest BCUT2D eigenvalue weighted by molar-refractivity contribution is 6.62. The van der Waals surface area contributed by atoms with E-state index in [1.54, 1.807) is 0 Å². The molecule has 8 heteroatoms. The number of hydrogen-bond acceptors (Lipinski definition) is 1. The minimum absolute atomic E-state index is 0.193. The van der Waals surface area contributed by atoms with E-state index in [0.717, 1.165) is 0 Å². The van der Waals surface area contributed by atoms with Crippen molar-refractivity contribution in [2.45, 2.75) is 6.92 Å². The normalized spacial score (nSPS) is 14.0. The molecule has 0 radical (unpaired) electrons. The molecular weight excluding hydrogens is 360 g/mol. The van der Waals surface area contributed by atoms with Gasteiger partial charge in [-0.25, -0.2) is 0 Å². The van der Waals surface area contributed by atoms with E-state index < -0.39 is 5.78 Å². The topological polar surface area (TPSA) is 17.1 Å². The highest BCUT2D eigenvalue weighted by Gasteiger charge is 2.16. The Kier molecular flexibility index (Phi) is 7.80. The molecule has 0 aliphatic rings. The van der Waals surface area contributed by atoms with Crippen molar-refractivity contribution in [3.63, 3.8) is 0 Å². The summed E-state index contributed by atoms with van der Waals surface area (Å²) in [5, 5.41) is -1.10. The molecule has 0 atom stereocenters. The lowest BCUT2D eigenvalue weighted by atomic mass is 10.3. The van der Waals surface area contributed by atoms with Crippen molar-refractivity contribution in [3.8, 4) is 0 Å². The van der Waals surface area contributed by atoms with E-state index in [1.807, 2.05) is 0 Å². The van der Waals surface area contributed by atoms with Gasteiger partial charge in [0.1, 0.15) is 9.52 Å². The zero-order valence-corrected chi connectivity index (χ0v) is 12.8. The van der Waals surface area contributed by atoms with Gasteiger partial charge in [0, 0.05) is 6.92 Å². The van der Waals surface area contributed by atoms with Crippen molar-refractivity contribution in [2.24, 2.45) is 0 Å². The minimum atomic E-state index is -0.466. The number of rotatable bonds is 3. The van der Waals surface area contributed by atoms with Gasteiger partial charge in [0.15, 0.2) is 5.78 Å². The van der Waals surface area contributed by atoms with Crippen LogP contribution in [0.1, 0.15) is 6.92 Å². The molecule has 0 saturated carbocycles. The van der Waals surface area contributed by atoms with Gasteiger partial charge in [-0.3, -0.25) is 4.79 Å². The smallest absolute Gasteiger partial charge is 0.172 e. The summed E-state index contributed by atoms with van der Waals surface area (Å²) in [6.45, 7) is 1.22. The summed E-state index contributed by atoms with van der Waals surface area (Å²) < 4.78 is -0.284. The molecule has 0 fully saturated rings. The Balaban J connectivity index is 5.61. The lowest BCUT2D eigenvalue weighted by molar-refractivity contribution is -0.113. The standard InChI is InChI=1S/C8H3Cl7O/c1-2(16)3(9)4(10)5(11)6(12)7(13)8(14)15/h1H3/b4-3+,6-5+. The van der Waals surface area contributed by atoms with Crippen LogP contribution in [0.3, 0.4) is 0 Å². The monoisotopic (exact) mass is 360 g/mol. The summed E-state index contributed by atoms with van der Waals surface area (Å²) in [5.74, 6) is -0.466. The minimum Gasteiger partial charge on any atom is -0.293 e. The first-order chi connectivity index (χ1) is 7.20. The Labute approximate surface area is 128 Å². The fourth-order valence-electron chi connectivity index (χ4n) is 0.527. The molecule has 0 aromatic heterocycles. The average molecular weight is 363 g/mol. The van der Waals surface area contributed by atoms with E-state index >= 15 is 0 Å². The van der Waals surface area contributed by atoms with Crippen LogP contribution in [0.15, 0.2) is 29.7 Å². The molecule has 90 valence electrons. The van der Waals surface area contributed by atoms with Crippen LogP contribution >= 0.6 is 81.2 Å². The van der Waals surface area contributed by atoms with E-state index in [4.69, 9.17) is 81.2 Å². The Morgan fingerprint density at radius 3 is 1.25 bits per heavy atom. The maximum absolute atomic E-state index is 10.9. The van der Waals surface area contributed by atoms with Gasteiger partial charge in [-0.1, -0.05) is 81.2 Å². The largest absolute Gasteiger partial charge is 0.293 e. The summed E-state index contributed by atoms with van der Waals surface area (Å²) in [6.07, 6.45) is 0. The molecule has 0 aromatic carbocycles. The van der Waals surface area contributed by atoms with Crippen molar-refractivity contribution in [3.05, 3.63) is 29.7 Å². The van der Waals surface area contributed by atoms with E-state index in [2.05, 4.69) is 0 Å². The predicted molar refractivity (Wildman–Crippen MR) is 72.7 cm³/mol. The molecule has 16 heavy (non-hydrogen) atoms. The summed E-state index contributed by atoms with van der Waals surface area (Å²) in [4.78, 5) is 10.9. The van der Waals surface area contributed by atoms with Gasteiger partial charge in [0.05, 0.1) is 20.1 Å². The van der Waals surface area contributed by atoms with Crippen LogP contribution in [-0.2, 0) is 4.79 Å². The molecular formula is C8H3Cl7O. The lowest BCUT2D eigenvalue weighted by Gasteiger charge is -2.03. The average Bonchev–Trinajstić information content (AvgIpc) is 2.23. The number of ketones is 1. The highest BCUT2D eigenvalue weighted by Crippen LogP contribution is 2.36. The molecule has 0 heterocycles. The van der Waals surface area contributed by atoms with Crippen LogP contribution in [-0.4, -0.2) is 5.78 Å². The van der Waals surface area contributed by atoms with E-state index in [-0.39, 0.29) is 29.7 Å². The van der Waals surface area contributed by atoms with E-state index in [1.165, 1.54) is 6.92 Å². The Morgan fingerprint density at radius 2 is 0.938 bits per heavy atom. The van der Waals surface area contributed by atoms with Crippen LogP contribution < -0.4 is 0 Å². The number of Topliss-reactive ketones (excluding diaryl/α,β-unsaturated/α-hetero) is 1. The number of halogens is 7. The second kappa shape index (κ2) is 7.38. The van der Waals surface area contributed by atoms with Crippen molar-refractivity contribution in [1.29, 1.82) is 0 Å². The number of carbonyl (C=O) groups excluding carboxylic acids is 1. The van der Waals surface area contributed by atoms with Gasteiger partial charge in [-0.15, -0.1) is 0 Å². The van der Waals surface area contributed by atoms with Crippen LogP contribution in [0.5, 0.6) is 0 Å². The first-order valence-electron chi connectivity index (χ1n) is 3.53. The van der Waals surface area contributed by atoms with Crippen molar-refractivity contribution >= 4 is 87.0 Å². The second-order valence-corrected chi connectivity index (χ2v) is 5.23. The number of carbonyl (C=O) groups is 1. The molecule has 1 nitrogen and oxygen atoms in total. The van der Waals surface area contributed by atoms with Crippen LogP contribution in [0.4, 0.5) is 0 Å². The Bertz CT molecular complexity index is 401. The van der Waals surface area contributed by atoms with Gasteiger partial charge in [0.2, 0.25) is 0 Å². The van der Waals surface area contributed by atoms with Crippen molar-refractivity contribution in [2.75, 3.05) is 0 Å². The Hall–Kier alpha value is 0.920. The van der Waals surface area contributed by atoms with E-state index in [9.17, 15) is 4.79 Å². The zero-order valence-electron chi connectivity index (χ0n) is 7.55. The first-order valence-corrected chi connectivity index (χ1v) is 6.17. The predicted octanol–water partition coefficient (Wildman–Crippen LogP) is 5.84. The van der Waals surface area contributed by atoms with Crippen LogP contribution in [0.25, 0.3) is 0 Å². The van der Waals surface area contributed by atoms with Crippen molar-refractivity contribution in [1.82, 2.24) is 0 Å².